The molecule has 0 aromatic heterocycles. The Kier molecular flexibility index (Phi) is 24.6. The average Bonchev–Trinajstić information content (AvgIpc) is 1.59. The van der Waals surface area contributed by atoms with Gasteiger partial charge in [0.15, 0.2) is 37.7 Å². The molecule has 10 aliphatic rings. The van der Waals surface area contributed by atoms with Crippen molar-refractivity contribution >= 4 is 11.9 Å². The Balaban J connectivity index is 0.678. The monoisotopic (exact) mass is 1360 g/mol. The van der Waals surface area contributed by atoms with Crippen LogP contribution in [0.3, 0.4) is 0 Å². The molecule has 0 spiro atoms. The highest BCUT2D eigenvalue weighted by Crippen LogP contribution is 2.71. The van der Waals surface area contributed by atoms with E-state index in [1.165, 1.54) is 14.0 Å². The molecule has 7 N–H and O–H groups in total. The maximum Gasteiger partial charge on any atom is 0.309 e. The van der Waals surface area contributed by atoms with Crippen LogP contribution in [0.4, 0.5) is 0 Å². The molecule has 10 fully saturated rings. The van der Waals surface area contributed by atoms with Crippen LogP contribution >= 0.6 is 0 Å². The lowest BCUT2D eigenvalue weighted by Crippen LogP contribution is -2.72. The number of hydrogen-bond acceptors (Lipinski definition) is 27. The normalized spacial score (nSPS) is 50.9. The van der Waals surface area contributed by atoms with E-state index in [4.69, 9.17) is 85.3 Å². The van der Waals surface area contributed by atoms with Gasteiger partial charge in [0.25, 0.3) is 0 Å². The molecule has 0 aromatic carbocycles. The Morgan fingerprint density at radius 2 is 1.00 bits per heavy atom. The van der Waals surface area contributed by atoms with Crippen LogP contribution in [0, 0.1) is 34.5 Å². The van der Waals surface area contributed by atoms with E-state index < -0.39 is 201 Å². The van der Waals surface area contributed by atoms with Gasteiger partial charge in [0.2, 0.25) is 0 Å². The lowest BCUT2D eigenvalue weighted by Gasteiger charge is -2.66. The van der Waals surface area contributed by atoms with Crippen molar-refractivity contribution in [3.8, 4) is 0 Å². The van der Waals surface area contributed by atoms with E-state index in [1.807, 2.05) is 41.5 Å². The van der Waals surface area contributed by atoms with Crippen molar-refractivity contribution in [3.05, 3.63) is 0 Å². The Hall–Kier alpha value is -1.98. The van der Waals surface area contributed by atoms with E-state index in [9.17, 15) is 45.3 Å². The quantitative estimate of drug-likeness (QED) is 0.0601. The van der Waals surface area contributed by atoms with Crippen LogP contribution in [0.5, 0.6) is 0 Å². The summed E-state index contributed by atoms with van der Waals surface area (Å²) < 4.78 is 113. The summed E-state index contributed by atoms with van der Waals surface area (Å²) >= 11 is 0. The van der Waals surface area contributed by atoms with Gasteiger partial charge in [-0.05, 0) is 122 Å². The SMILES string of the molecule is CC[C@H](C)C(=O)O[C@@H](C)[C@]1(O)CC[C@]2(O)[C@@H]3CC[C@H]4C[C@@H](O[C@@H]5C[C@H](O)[C@H](O[C@H]6C[C@H](OC)[C@H](O[C@H]7C[C@@H](OC)[C@H](O[C@H]8C[C@@H](OC)[C@H](O[C@H]9C[C@@H](OC)[C@H](O[C@@H]%10O[C@H](CO)[C@@H](O)[C@H](O)[C@H]%10O)[C@@H](C)O9)[C@@H](C)O8)[C@@H](C)O7)[C@@H](C)O6)[C@@H](C)O5)CC[C@]4(C)[C@H]3C[C@@H](OC(C)=O)[C@]12C. The highest BCUT2D eigenvalue weighted by atomic mass is 16.8. The molecule has 0 unspecified atom stereocenters. The van der Waals surface area contributed by atoms with Gasteiger partial charge in [0, 0.05) is 67.5 Å². The molecule has 4 saturated carbocycles. The van der Waals surface area contributed by atoms with Crippen molar-refractivity contribution in [2.75, 3.05) is 35.0 Å². The van der Waals surface area contributed by atoms with E-state index in [0.29, 0.717) is 38.5 Å². The zero-order valence-electron chi connectivity index (χ0n) is 58.4. The van der Waals surface area contributed by atoms with Crippen LogP contribution in [0.25, 0.3) is 0 Å². The molecule has 0 aromatic rings. The summed E-state index contributed by atoms with van der Waals surface area (Å²) in [6.45, 7) is 19.6. The first-order valence-electron chi connectivity index (χ1n) is 35.1. The largest absolute Gasteiger partial charge is 0.462 e. The van der Waals surface area contributed by atoms with Crippen LogP contribution in [0.1, 0.15) is 166 Å². The standard InChI is InChI=1S/C68H114O27/c1-16-31(2)63(75)87-37(8)67(76)21-22-68(77)41-18-17-39-23-40(19-20-65(39,10)42(41)24-49(66(67,68)11)88-38(9)70)89-50-25-43(71)58(32(3)82-50)91-51-26-44(78-12)59(33(4)83-51)92-52-27-45(79-13)60(34(5)84-52)93-53-28-46(80-14)61(35(6)85-53)94-54-29-47(81-15)62(36(7)86-54)95-64-57(74)56(73)55(72)48(30-69)90-64/h31-37,39-62,64,69,71-74,76-77H,16-30H2,1-15H3/t31-,32+,33+,34+,35+,36+,37-,39-,40-,41+,42-,43-,44-,45+,46+,47+,48+,49+,50+,51-,52-,53-,54-,55+,56-,57+,58+,59+,60+,61+,62+,64-,65-,66+,67+,68-/m0/s1. The van der Waals surface area contributed by atoms with Gasteiger partial charge in [-0.2, -0.15) is 0 Å². The number of esters is 2. The minimum Gasteiger partial charge on any atom is -0.462 e. The fraction of sp³-hybridized carbons (Fsp3) is 0.971. The first-order valence-corrected chi connectivity index (χ1v) is 35.1. The van der Waals surface area contributed by atoms with Gasteiger partial charge in [0.1, 0.15) is 72.7 Å². The smallest absolute Gasteiger partial charge is 0.309 e. The lowest BCUT2D eigenvalue weighted by atomic mass is 9.42. The minimum absolute atomic E-state index is 0.0141. The van der Waals surface area contributed by atoms with Gasteiger partial charge in [-0.3, -0.25) is 9.59 Å². The maximum absolute atomic E-state index is 13.1. The summed E-state index contributed by atoms with van der Waals surface area (Å²) in [7, 11) is 6.33. The van der Waals surface area contributed by atoms with Crippen LogP contribution in [0.2, 0.25) is 0 Å². The van der Waals surface area contributed by atoms with Gasteiger partial charge in [-0.1, -0.05) is 27.7 Å². The van der Waals surface area contributed by atoms with Gasteiger partial charge in [0.05, 0.1) is 90.7 Å². The number of ether oxygens (including phenoxy) is 18. The fourth-order valence-electron chi connectivity index (χ4n) is 18.5. The van der Waals surface area contributed by atoms with Crippen molar-refractivity contribution in [1.29, 1.82) is 0 Å². The van der Waals surface area contributed by atoms with E-state index in [2.05, 4.69) is 6.92 Å². The van der Waals surface area contributed by atoms with Gasteiger partial charge >= 0.3 is 11.9 Å². The third-order valence-corrected chi connectivity index (χ3v) is 24.4. The predicted octanol–water partition coefficient (Wildman–Crippen LogP) is 3.60. The van der Waals surface area contributed by atoms with Gasteiger partial charge in [-0.15, -0.1) is 0 Å². The van der Waals surface area contributed by atoms with E-state index in [1.54, 1.807) is 42.1 Å². The molecule has 0 bridgehead atoms. The van der Waals surface area contributed by atoms with Crippen LogP contribution in [-0.4, -0.2) is 266 Å². The van der Waals surface area contributed by atoms with Crippen molar-refractivity contribution in [3.63, 3.8) is 0 Å². The molecule has 6 heterocycles. The number of carbonyl (C=O) groups excluding carboxylic acids is 2. The predicted molar refractivity (Wildman–Crippen MR) is 331 cm³/mol. The second-order valence-corrected chi connectivity index (χ2v) is 29.7. The van der Waals surface area contributed by atoms with E-state index >= 15 is 0 Å². The molecular formula is C68H114O27. The number of carbonyl (C=O) groups is 2. The number of rotatable bonds is 22. The molecule has 10 rings (SSSR count). The number of hydrogen-bond donors (Lipinski definition) is 7. The number of aliphatic hydroxyl groups excluding tert-OH is 5. The fourth-order valence-corrected chi connectivity index (χ4v) is 18.5. The lowest BCUT2D eigenvalue weighted by molar-refractivity contribution is -0.359. The first-order chi connectivity index (χ1) is 45.0. The Morgan fingerprint density at radius 3 is 1.45 bits per heavy atom. The summed E-state index contributed by atoms with van der Waals surface area (Å²) in [6.07, 6.45) is -15.1. The van der Waals surface area contributed by atoms with Crippen molar-refractivity contribution in [2.24, 2.45) is 34.5 Å². The molecule has 6 aliphatic heterocycles. The van der Waals surface area contributed by atoms with Crippen LogP contribution in [-0.2, 0) is 94.9 Å². The van der Waals surface area contributed by atoms with E-state index in [-0.39, 0.29) is 60.9 Å². The van der Waals surface area contributed by atoms with Crippen molar-refractivity contribution in [1.82, 2.24) is 0 Å². The molecule has 95 heavy (non-hydrogen) atoms. The highest BCUT2D eigenvalue weighted by Gasteiger charge is 2.77. The molecule has 0 radical (unpaired) electrons. The minimum atomic E-state index is -1.64. The summed E-state index contributed by atoms with van der Waals surface area (Å²) in [5.74, 6) is -1.21. The number of methoxy groups -OCH3 is 4. The van der Waals surface area contributed by atoms with Crippen molar-refractivity contribution in [2.45, 2.75) is 349 Å². The maximum atomic E-state index is 13.1. The molecule has 27 nitrogen and oxygen atoms in total. The molecule has 0 amide bonds. The molecule has 6 saturated heterocycles. The first kappa shape index (κ1) is 75.7. The third kappa shape index (κ3) is 14.9. The molecule has 36 atom stereocenters. The van der Waals surface area contributed by atoms with Gasteiger partial charge < -0.3 is 121 Å². The molecule has 548 valence electrons. The highest BCUT2D eigenvalue weighted by molar-refractivity contribution is 5.72. The van der Waals surface area contributed by atoms with E-state index in [0.717, 1.165) is 25.7 Å². The van der Waals surface area contributed by atoms with Crippen LogP contribution in [0.15, 0.2) is 0 Å². The topological polar surface area (TPSA) is 342 Å². The second kappa shape index (κ2) is 30.9. The summed E-state index contributed by atoms with van der Waals surface area (Å²) in [5, 5.41) is 78.5. The number of fused-ring (bicyclic) bond motifs is 5. The molecular weight excluding hydrogens is 1250 g/mol. The zero-order chi connectivity index (χ0) is 69.0. The summed E-state index contributed by atoms with van der Waals surface area (Å²) in [4.78, 5) is 25.9. The molecule has 27 heteroatoms. The Labute approximate surface area is 559 Å². The zero-order valence-corrected chi connectivity index (χ0v) is 58.4. The summed E-state index contributed by atoms with van der Waals surface area (Å²) in [6, 6.07) is 0. The van der Waals surface area contributed by atoms with Crippen molar-refractivity contribution < 1.29 is 131 Å². The Bertz CT molecular complexity index is 2490. The second-order valence-electron chi connectivity index (χ2n) is 29.7. The number of aliphatic hydroxyl groups is 7. The van der Waals surface area contributed by atoms with Gasteiger partial charge in [-0.25, -0.2) is 0 Å². The Morgan fingerprint density at radius 1 is 0.537 bits per heavy atom. The third-order valence-electron chi connectivity index (χ3n) is 24.4. The molecule has 4 aliphatic carbocycles. The summed E-state index contributed by atoms with van der Waals surface area (Å²) in [5.41, 5.74) is -4.55. The van der Waals surface area contributed by atoms with Crippen LogP contribution < -0.4 is 0 Å². The average molecular weight is 1360 g/mol.